The van der Waals surface area contributed by atoms with E-state index in [-0.39, 0.29) is 31.6 Å². The Morgan fingerprint density at radius 3 is 2.14 bits per heavy atom. The Bertz CT molecular complexity index is 1060. The topological polar surface area (TPSA) is 50.2 Å². The van der Waals surface area contributed by atoms with Gasteiger partial charge in [0.05, 0.1) is 11.3 Å². The number of carbonyl (C=O) groups excluding carboxylic acids is 1. The van der Waals surface area contributed by atoms with Gasteiger partial charge in [-0.15, -0.1) is 34.9 Å². The number of pyridine rings is 1. The predicted molar refractivity (Wildman–Crippen MR) is 117 cm³/mol. The van der Waals surface area contributed by atoms with Crippen LogP contribution in [0.1, 0.15) is 41.7 Å². The molecule has 0 saturated carbocycles. The normalized spacial score (nSPS) is 10.8. The molecule has 0 fully saturated rings. The third kappa shape index (κ3) is 6.35. The van der Waals surface area contributed by atoms with E-state index >= 15 is 0 Å². The number of hydrogen-bond donors (Lipinski definition) is 1. The summed E-state index contributed by atoms with van der Waals surface area (Å²) in [5.41, 5.74) is 9.66. The molecule has 2 aromatic carbocycles. The molecule has 0 aliphatic heterocycles. The Morgan fingerprint density at radius 1 is 0.966 bits per heavy atom. The maximum absolute atomic E-state index is 10.0. The maximum atomic E-state index is 10.0. The fourth-order valence-electron chi connectivity index (χ4n) is 2.98. The zero-order valence-corrected chi connectivity index (χ0v) is 20.5. The molecule has 0 bridgehead atoms. The number of aryl methyl sites for hydroxylation is 4. The van der Waals surface area contributed by atoms with Gasteiger partial charge in [0.2, 0.25) is 0 Å². The smallest absolute Gasteiger partial charge is 0.155 e. The maximum Gasteiger partial charge on any atom is 0.155 e. The number of nitrogens with zero attached hydrogens (tertiary/aromatic N) is 1. The van der Waals surface area contributed by atoms with E-state index in [2.05, 4.69) is 65.0 Å². The molecule has 0 atom stereocenters. The molecule has 0 saturated heterocycles. The predicted octanol–water partition coefficient (Wildman–Crippen LogP) is 6.28. The van der Waals surface area contributed by atoms with Gasteiger partial charge in [0, 0.05) is 31.6 Å². The molecule has 0 aliphatic carbocycles. The zero-order chi connectivity index (χ0) is 21.0. The van der Waals surface area contributed by atoms with E-state index in [1.807, 2.05) is 6.07 Å². The van der Waals surface area contributed by atoms with Gasteiger partial charge in [-0.05, 0) is 63.1 Å². The van der Waals surface area contributed by atoms with Crippen molar-refractivity contribution in [3.8, 4) is 11.3 Å². The first-order valence-electron chi connectivity index (χ1n) is 9.35. The summed E-state index contributed by atoms with van der Waals surface area (Å²) in [5, 5.41) is 9.60. The van der Waals surface area contributed by atoms with Crippen molar-refractivity contribution in [3.05, 3.63) is 76.1 Å². The second-order valence-electron chi connectivity index (χ2n) is 7.32. The van der Waals surface area contributed by atoms with Crippen LogP contribution in [0, 0.1) is 40.7 Å². The van der Waals surface area contributed by atoms with E-state index in [0.717, 1.165) is 16.8 Å². The van der Waals surface area contributed by atoms with Gasteiger partial charge in [0.15, 0.2) is 5.78 Å². The minimum atomic E-state index is -0.125. The van der Waals surface area contributed by atoms with E-state index in [4.69, 9.17) is 10.1 Å². The second-order valence-corrected chi connectivity index (χ2v) is 7.32. The van der Waals surface area contributed by atoms with Crippen molar-refractivity contribution in [1.82, 2.24) is 4.98 Å². The summed E-state index contributed by atoms with van der Waals surface area (Å²) in [5.74, 6) is -0.0625. The van der Waals surface area contributed by atoms with Crippen LogP contribution in [-0.4, -0.2) is 15.9 Å². The number of ketones is 1. The molecule has 3 rings (SSSR count). The third-order valence-corrected chi connectivity index (χ3v) is 4.95. The largest absolute Gasteiger partial charge is 0.512 e. The van der Waals surface area contributed by atoms with E-state index in [9.17, 15) is 4.79 Å². The fourth-order valence-corrected chi connectivity index (χ4v) is 2.98. The molecule has 3 nitrogen and oxygen atoms in total. The van der Waals surface area contributed by atoms with Gasteiger partial charge in [-0.2, -0.15) is 0 Å². The molecule has 155 valence electrons. The van der Waals surface area contributed by atoms with Crippen LogP contribution >= 0.6 is 0 Å². The van der Waals surface area contributed by atoms with Crippen LogP contribution in [-0.2, 0) is 24.9 Å². The number of fused-ring (bicyclic) bond motifs is 1. The molecule has 1 heterocycles. The number of aromatic nitrogens is 1. The van der Waals surface area contributed by atoms with E-state index in [1.165, 1.54) is 53.1 Å². The number of hydrogen-bond acceptors (Lipinski definition) is 3. The van der Waals surface area contributed by atoms with Crippen molar-refractivity contribution < 1.29 is 30.0 Å². The Morgan fingerprint density at radius 2 is 1.62 bits per heavy atom. The summed E-state index contributed by atoms with van der Waals surface area (Å²) in [6.45, 7) is 13.6. The molecule has 0 amide bonds. The van der Waals surface area contributed by atoms with Gasteiger partial charge in [-0.25, -0.2) is 0 Å². The number of rotatable bonds is 2. The number of aliphatic hydroxyl groups excluding tert-OH is 1. The SMILES string of the molecule is CC(=O)/C=C(/C)O.Cc1c[c-]c(-c2ccc3c(C)c(C)c(C)cc3n2)cc1C.[Ir]. The van der Waals surface area contributed by atoms with Crippen LogP contribution in [0.15, 0.2) is 42.2 Å². The fraction of sp³-hybridized carbons (Fsp3) is 0.280. The zero-order valence-electron chi connectivity index (χ0n) is 18.1. The second kappa shape index (κ2) is 10.5. The molecule has 1 radical (unpaired) electrons. The summed E-state index contributed by atoms with van der Waals surface area (Å²) >= 11 is 0. The van der Waals surface area contributed by atoms with E-state index < -0.39 is 0 Å². The van der Waals surface area contributed by atoms with E-state index in [0.29, 0.717) is 0 Å². The van der Waals surface area contributed by atoms with Gasteiger partial charge in [-0.3, -0.25) is 9.78 Å². The standard InChI is InChI=1S/C20H20N.C5H8O2.Ir/c1-12-6-7-17(10-13(12)2)19-9-8-18-16(5)15(4)14(3)11-20(18)21-19;1-4(6)3-5(2)7;/h6,8-11H,1-5H3;3,6H,1-2H3;/q-1;;/b;4-3-;. The van der Waals surface area contributed by atoms with Crippen molar-refractivity contribution in [1.29, 1.82) is 0 Å². The average molecular weight is 567 g/mol. The van der Waals surface area contributed by atoms with Gasteiger partial charge in [-0.1, -0.05) is 26.0 Å². The molecule has 1 N–H and O–H groups in total. The number of allylic oxidation sites excluding steroid dienone is 2. The first kappa shape index (κ1) is 24.7. The van der Waals surface area contributed by atoms with Crippen LogP contribution < -0.4 is 0 Å². The van der Waals surface area contributed by atoms with Gasteiger partial charge >= 0.3 is 0 Å². The minimum absolute atomic E-state index is 0. The Kier molecular flexibility index (Phi) is 8.94. The molecular weight excluding hydrogens is 538 g/mol. The third-order valence-electron chi connectivity index (χ3n) is 4.95. The molecule has 4 heteroatoms. The van der Waals surface area contributed by atoms with Gasteiger partial charge in [0.25, 0.3) is 0 Å². The van der Waals surface area contributed by atoms with Crippen LogP contribution in [0.4, 0.5) is 0 Å². The molecule has 0 spiro atoms. The number of aliphatic hydroxyl groups is 1. The van der Waals surface area contributed by atoms with Gasteiger partial charge in [0.1, 0.15) is 0 Å². The summed E-state index contributed by atoms with van der Waals surface area (Å²) in [4.78, 5) is 14.9. The Hall–Kier alpha value is -2.29. The van der Waals surface area contributed by atoms with Gasteiger partial charge < -0.3 is 5.11 Å². The quantitative estimate of drug-likeness (QED) is 0.226. The van der Waals surface area contributed by atoms with Crippen LogP contribution in [0.25, 0.3) is 22.2 Å². The first-order chi connectivity index (χ1) is 13.1. The summed E-state index contributed by atoms with van der Waals surface area (Å²) in [6, 6.07) is 14.0. The molecule has 3 aromatic rings. The average Bonchev–Trinajstić information content (AvgIpc) is 2.61. The van der Waals surface area contributed by atoms with Crippen LogP contribution in [0.2, 0.25) is 0 Å². The van der Waals surface area contributed by atoms with Crippen LogP contribution in [0.5, 0.6) is 0 Å². The monoisotopic (exact) mass is 567 g/mol. The van der Waals surface area contributed by atoms with Crippen molar-refractivity contribution in [2.24, 2.45) is 0 Å². The van der Waals surface area contributed by atoms with Crippen LogP contribution in [0.3, 0.4) is 0 Å². The summed E-state index contributed by atoms with van der Waals surface area (Å²) in [7, 11) is 0. The summed E-state index contributed by atoms with van der Waals surface area (Å²) in [6.07, 6.45) is 1.17. The molecule has 0 unspecified atom stereocenters. The van der Waals surface area contributed by atoms with Crippen molar-refractivity contribution >= 4 is 16.7 Å². The van der Waals surface area contributed by atoms with Crippen molar-refractivity contribution in [2.45, 2.75) is 48.5 Å². The number of carbonyl (C=O) groups is 1. The van der Waals surface area contributed by atoms with Crippen molar-refractivity contribution in [2.75, 3.05) is 0 Å². The molecule has 1 aromatic heterocycles. The Labute approximate surface area is 187 Å². The van der Waals surface area contributed by atoms with Crippen molar-refractivity contribution in [3.63, 3.8) is 0 Å². The molecular formula is C25H28IrNO2-. The first-order valence-corrected chi connectivity index (χ1v) is 9.35. The molecule has 0 aliphatic rings. The minimum Gasteiger partial charge on any atom is -0.512 e. The molecule has 29 heavy (non-hydrogen) atoms. The van der Waals surface area contributed by atoms with E-state index in [1.54, 1.807) is 0 Å². The summed E-state index contributed by atoms with van der Waals surface area (Å²) < 4.78 is 0. The number of benzene rings is 2. The Balaban J connectivity index is 0.000000456.